The van der Waals surface area contributed by atoms with Crippen LogP contribution in [-0.4, -0.2) is 25.6 Å². The second-order valence-electron chi connectivity index (χ2n) is 5.38. The van der Waals surface area contributed by atoms with Crippen LogP contribution in [0.5, 0.6) is 0 Å². The maximum atomic E-state index is 4.08. The minimum Gasteiger partial charge on any atom is -0.296 e. The maximum Gasteiger partial charge on any atom is 0.135 e. The molecule has 0 unspecified atom stereocenters. The van der Waals surface area contributed by atoms with Crippen molar-refractivity contribution in [3.05, 3.63) is 24.5 Å². The number of hydrogen-bond donors (Lipinski definition) is 0. The summed E-state index contributed by atoms with van der Waals surface area (Å²) in [5.41, 5.74) is 1.36. The molecule has 0 N–H and O–H groups in total. The highest BCUT2D eigenvalue weighted by Crippen LogP contribution is 2.18. The zero-order valence-electron chi connectivity index (χ0n) is 11.7. The summed E-state index contributed by atoms with van der Waals surface area (Å²) in [5, 5.41) is 0. The Morgan fingerprint density at radius 3 is 2.18 bits per heavy atom. The molecule has 1 aromatic rings. The molecule has 17 heavy (non-hydrogen) atoms. The second kappa shape index (κ2) is 7.44. The normalized spacial score (nSPS) is 11.7. The van der Waals surface area contributed by atoms with E-state index in [-0.39, 0.29) is 0 Å². The highest BCUT2D eigenvalue weighted by Gasteiger charge is 2.17. The summed E-state index contributed by atoms with van der Waals surface area (Å²) in [4.78, 5) is 4.08. The van der Waals surface area contributed by atoms with E-state index in [9.17, 15) is 0 Å². The summed E-state index contributed by atoms with van der Waals surface area (Å²) in [7, 11) is 4.56. The molecule has 1 aromatic heterocycles. The number of hydrogen-bond acceptors (Lipinski definition) is 1. The summed E-state index contributed by atoms with van der Waals surface area (Å²) in [6.07, 6.45) is 12.0. The molecule has 0 saturated heterocycles. The molecule has 0 saturated carbocycles. The van der Waals surface area contributed by atoms with Gasteiger partial charge in [-0.2, -0.15) is 0 Å². The predicted octanol–water partition coefficient (Wildman–Crippen LogP) is 4.01. The summed E-state index contributed by atoms with van der Waals surface area (Å²) < 4.78 is 0.969. The van der Waals surface area contributed by atoms with Gasteiger partial charge in [0.2, 0.25) is 0 Å². The molecular weight excluding hydrogens is 208 g/mol. The zero-order valence-corrected chi connectivity index (χ0v) is 11.7. The highest BCUT2D eigenvalue weighted by atomic mass is 15.3. The fraction of sp³-hybridized carbons (Fsp3) is 0.667. The van der Waals surface area contributed by atoms with Gasteiger partial charge in [0.15, 0.2) is 0 Å². The molecule has 0 radical (unpaired) electrons. The SMILES string of the molecule is CCCCCCCC[N+](C)(C)c1ccncc1. The first-order chi connectivity index (χ1) is 8.17. The van der Waals surface area contributed by atoms with Crippen LogP contribution in [0.2, 0.25) is 0 Å². The molecule has 0 amide bonds. The van der Waals surface area contributed by atoms with Crippen molar-refractivity contribution in [3.8, 4) is 0 Å². The van der Waals surface area contributed by atoms with E-state index in [2.05, 4.69) is 38.1 Å². The Morgan fingerprint density at radius 2 is 1.53 bits per heavy atom. The van der Waals surface area contributed by atoms with Crippen LogP contribution in [-0.2, 0) is 0 Å². The van der Waals surface area contributed by atoms with Crippen LogP contribution < -0.4 is 4.48 Å². The fourth-order valence-electron chi connectivity index (χ4n) is 2.16. The summed E-state index contributed by atoms with van der Waals surface area (Å²) in [6, 6.07) is 4.24. The molecule has 1 heterocycles. The monoisotopic (exact) mass is 235 g/mol. The van der Waals surface area contributed by atoms with Crippen LogP contribution in [0.4, 0.5) is 5.69 Å². The number of pyridine rings is 1. The molecule has 0 aliphatic carbocycles. The molecule has 0 aliphatic rings. The number of unbranched alkanes of at least 4 members (excludes halogenated alkanes) is 5. The minimum absolute atomic E-state index is 0.969. The van der Waals surface area contributed by atoms with Crippen LogP contribution in [0.1, 0.15) is 45.4 Å². The Hall–Kier alpha value is -0.890. The van der Waals surface area contributed by atoms with Gasteiger partial charge >= 0.3 is 0 Å². The van der Waals surface area contributed by atoms with E-state index in [4.69, 9.17) is 0 Å². The first-order valence-corrected chi connectivity index (χ1v) is 6.90. The molecule has 2 heteroatoms. The lowest BCUT2D eigenvalue weighted by Crippen LogP contribution is -2.41. The first-order valence-electron chi connectivity index (χ1n) is 6.90. The van der Waals surface area contributed by atoms with Gasteiger partial charge in [0.1, 0.15) is 5.69 Å². The average Bonchev–Trinajstić information content (AvgIpc) is 2.35. The van der Waals surface area contributed by atoms with Crippen LogP contribution in [0.25, 0.3) is 0 Å². The molecular formula is C15H27N2+. The quantitative estimate of drug-likeness (QED) is 0.490. The van der Waals surface area contributed by atoms with E-state index in [1.54, 1.807) is 0 Å². The molecule has 1 rings (SSSR count). The Kier molecular flexibility index (Phi) is 6.20. The molecule has 2 nitrogen and oxygen atoms in total. The van der Waals surface area contributed by atoms with E-state index in [0.717, 1.165) is 4.48 Å². The van der Waals surface area contributed by atoms with Crippen molar-refractivity contribution in [1.82, 2.24) is 9.47 Å². The summed E-state index contributed by atoms with van der Waals surface area (Å²) >= 11 is 0. The smallest absolute Gasteiger partial charge is 0.135 e. The van der Waals surface area contributed by atoms with E-state index in [0.29, 0.717) is 0 Å². The largest absolute Gasteiger partial charge is 0.296 e. The fourth-order valence-corrected chi connectivity index (χ4v) is 2.16. The molecule has 0 bridgehead atoms. The summed E-state index contributed by atoms with van der Waals surface area (Å²) in [5.74, 6) is 0. The molecule has 0 aliphatic heterocycles. The number of quaternary nitrogens is 1. The molecule has 96 valence electrons. The van der Waals surface area contributed by atoms with Crippen molar-refractivity contribution in [2.75, 3.05) is 20.6 Å². The lowest BCUT2D eigenvalue weighted by Gasteiger charge is -2.29. The Morgan fingerprint density at radius 1 is 0.941 bits per heavy atom. The van der Waals surface area contributed by atoms with Crippen LogP contribution in [0.3, 0.4) is 0 Å². The Labute approximate surface area is 106 Å². The number of aromatic nitrogens is 1. The molecule has 0 fully saturated rings. The van der Waals surface area contributed by atoms with Gasteiger partial charge in [-0.25, -0.2) is 0 Å². The van der Waals surface area contributed by atoms with Crippen molar-refractivity contribution in [1.29, 1.82) is 0 Å². The standard InChI is InChI=1S/C15H27N2/c1-4-5-6-7-8-9-14-17(2,3)15-10-12-16-13-11-15/h10-13H,4-9,14H2,1-3H3/q+1. The van der Waals surface area contributed by atoms with Crippen molar-refractivity contribution < 1.29 is 0 Å². The minimum atomic E-state index is 0.969. The van der Waals surface area contributed by atoms with Crippen molar-refractivity contribution in [2.45, 2.75) is 45.4 Å². The van der Waals surface area contributed by atoms with Crippen molar-refractivity contribution >= 4 is 5.69 Å². The van der Waals surface area contributed by atoms with Gasteiger partial charge < -0.3 is 0 Å². The van der Waals surface area contributed by atoms with Crippen molar-refractivity contribution in [2.24, 2.45) is 0 Å². The van der Waals surface area contributed by atoms with Gasteiger partial charge in [0.25, 0.3) is 0 Å². The Balaban J connectivity index is 2.26. The van der Waals surface area contributed by atoms with E-state index in [1.165, 1.54) is 50.8 Å². The number of nitrogens with zero attached hydrogens (tertiary/aromatic N) is 2. The number of rotatable bonds is 8. The topological polar surface area (TPSA) is 12.9 Å². The van der Waals surface area contributed by atoms with Gasteiger partial charge in [-0.05, 0) is 12.8 Å². The van der Waals surface area contributed by atoms with Crippen LogP contribution in [0.15, 0.2) is 24.5 Å². The highest BCUT2D eigenvalue weighted by molar-refractivity contribution is 5.39. The van der Waals surface area contributed by atoms with E-state index < -0.39 is 0 Å². The third-order valence-electron chi connectivity index (χ3n) is 3.43. The van der Waals surface area contributed by atoms with Gasteiger partial charge in [-0.1, -0.05) is 32.6 Å². The van der Waals surface area contributed by atoms with Gasteiger partial charge in [-0.15, -0.1) is 0 Å². The lowest BCUT2D eigenvalue weighted by atomic mass is 10.1. The lowest BCUT2D eigenvalue weighted by molar-refractivity contribution is 0.381. The first kappa shape index (κ1) is 14.2. The summed E-state index contributed by atoms with van der Waals surface area (Å²) in [6.45, 7) is 3.49. The third-order valence-corrected chi connectivity index (χ3v) is 3.43. The predicted molar refractivity (Wildman–Crippen MR) is 76.1 cm³/mol. The zero-order chi connectivity index (χ0) is 12.6. The van der Waals surface area contributed by atoms with Crippen molar-refractivity contribution in [3.63, 3.8) is 0 Å². The maximum absolute atomic E-state index is 4.08. The third kappa shape index (κ3) is 5.31. The molecule has 0 spiro atoms. The Bertz CT molecular complexity index is 293. The van der Waals surface area contributed by atoms with Gasteiger partial charge in [0, 0.05) is 24.5 Å². The molecule has 0 atom stereocenters. The van der Waals surface area contributed by atoms with E-state index >= 15 is 0 Å². The van der Waals surface area contributed by atoms with Crippen LogP contribution >= 0.6 is 0 Å². The average molecular weight is 235 g/mol. The second-order valence-corrected chi connectivity index (χ2v) is 5.38. The van der Waals surface area contributed by atoms with Crippen LogP contribution in [0, 0.1) is 0 Å². The molecule has 0 aromatic carbocycles. The van der Waals surface area contributed by atoms with Gasteiger partial charge in [0.05, 0.1) is 20.6 Å². The van der Waals surface area contributed by atoms with Gasteiger partial charge in [-0.3, -0.25) is 9.47 Å². The van der Waals surface area contributed by atoms with E-state index in [1.807, 2.05) is 12.4 Å².